The van der Waals surface area contributed by atoms with Crippen LogP contribution in [0.4, 0.5) is 27.4 Å². The average molecular weight is 455 g/mol. The first-order valence-corrected chi connectivity index (χ1v) is 9.38. The molecular formula is C21H18FN5O6. The normalized spacial score (nSPS) is 10.3. The monoisotopic (exact) mass is 455 g/mol. The van der Waals surface area contributed by atoms with Gasteiger partial charge in [0.1, 0.15) is 12.1 Å². The summed E-state index contributed by atoms with van der Waals surface area (Å²) in [6.45, 7) is 0.141. The van der Waals surface area contributed by atoms with Crippen LogP contribution in [0.1, 0.15) is 26.3 Å². The summed E-state index contributed by atoms with van der Waals surface area (Å²) < 4.78 is 22.5. The van der Waals surface area contributed by atoms with E-state index >= 15 is 0 Å². The Hall–Kier alpha value is -4.61. The molecule has 0 bridgehead atoms. The molecule has 2 aromatic carbocycles. The molecule has 0 spiro atoms. The molecule has 170 valence electrons. The molecule has 0 saturated carbocycles. The molecule has 0 unspecified atom stereocenters. The summed E-state index contributed by atoms with van der Waals surface area (Å²) in [5, 5.41) is 17.4. The largest absolute Gasteiger partial charge is 0.465 e. The van der Waals surface area contributed by atoms with Gasteiger partial charge in [0.05, 0.1) is 30.3 Å². The molecule has 0 saturated heterocycles. The standard InChI is InChI=1S/C21H18FN5O6/c1-32-20(28)13-7-14(21(29)33-2)9-16(8-13)26-19-17(27(30)31)18(24-11-25-19)23-10-12-3-5-15(22)6-4-12/h3-9,11H,10H2,1-2H3,(H2,23,24,25,26). The van der Waals surface area contributed by atoms with Crippen molar-refractivity contribution in [2.24, 2.45) is 0 Å². The zero-order valence-corrected chi connectivity index (χ0v) is 17.5. The van der Waals surface area contributed by atoms with Crippen molar-refractivity contribution in [3.63, 3.8) is 0 Å². The first-order chi connectivity index (χ1) is 15.8. The van der Waals surface area contributed by atoms with E-state index in [2.05, 4.69) is 30.1 Å². The third-order valence-corrected chi connectivity index (χ3v) is 4.42. The van der Waals surface area contributed by atoms with Crippen LogP contribution in [0.25, 0.3) is 0 Å². The molecule has 3 rings (SSSR count). The fraction of sp³-hybridized carbons (Fsp3) is 0.143. The van der Waals surface area contributed by atoms with Gasteiger partial charge in [-0.15, -0.1) is 0 Å². The van der Waals surface area contributed by atoms with Gasteiger partial charge < -0.3 is 20.1 Å². The summed E-state index contributed by atoms with van der Waals surface area (Å²) in [5.74, 6) is -2.11. The molecule has 0 amide bonds. The predicted molar refractivity (Wildman–Crippen MR) is 115 cm³/mol. The topological polar surface area (TPSA) is 146 Å². The second-order valence-electron chi connectivity index (χ2n) is 6.56. The molecular weight excluding hydrogens is 437 g/mol. The van der Waals surface area contributed by atoms with Crippen molar-refractivity contribution in [3.05, 3.63) is 81.4 Å². The summed E-state index contributed by atoms with van der Waals surface area (Å²) >= 11 is 0. The second-order valence-corrected chi connectivity index (χ2v) is 6.56. The minimum Gasteiger partial charge on any atom is -0.465 e. The van der Waals surface area contributed by atoms with E-state index in [9.17, 15) is 24.1 Å². The van der Waals surface area contributed by atoms with Crippen LogP contribution in [0.3, 0.4) is 0 Å². The molecule has 1 heterocycles. The number of nitrogens with one attached hydrogen (secondary N) is 2. The lowest BCUT2D eigenvalue weighted by molar-refractivity contribution is -0.383. The highest BCUT2D eigenvalue weighted by Crippen LogP contribution is 2.32. The Morgan fingerprint density at radius 3 is 2.12 bits per heavy atom. The third kappa shape index (κ3) is 5.55. The Morgan fingerprint density at radius 2 is 1.58 bits per heavy atom. The summed E-state index contributed by atoms with van der Waals surface area (Å²) in [6.07, 6.45) is 1.10. The molecule has 11 nitrogen and oxygen atoms in total. The van der Waals surface area contributed by atoms with Crippen molar-refractivity contribution in [1.82, 2.24) is 9.97 Å². The number of aromatic nitrogens is 2. The number of nitrogens with zero attached hydrogens (tertiary/aromatic N) is 3. The fourth-order valence-electron chi connectivity index (χ4n) is 2.87. The highest BCUT2D eigenvalue weighted by Gasteiger charge is 2.24. The number of rotatable bonds is 8. The molecule has 3 aromatic rings. The van der Waals surface area contributed by atoms with E-state index in [1.54, 1.807) is 0 Å². The van der Waals surface area contributed by atoms with E-state index in [1.807, 2.05) is 0 Å². The van der Waals surface area contributed by atoms with Gasteiger partial charge in [0, 0.05) is 12.2 Å². The van der Waals surface area contributed by atoms with Crippen LogP contribution in [-0.2, 0) is 16.0 Å². The Bertz CT molecular complexity index is 1170. The van der Waals surface area contributed by atoms with Crippen molar-refractivity contribution in [3.8, 4) is 0 Å². The Kier molecular flexibility index (Phi) is 7.08. The van der Waals surface area contributed by atoms with Gasteiger partial charge in [-0.1, -0.05) is 12.1 Å². The number of anilines is 3. The SMILES string of the molecule is COC(=O)c1cc(Nc2ncnc(NCc3ccc(F)cc3)c2[N+](=O)[O-])cc(C(=O)OC)c1. The van der Waals surface area contributed by atoms with Gasteiger partial charge in [0.2, 0.25) is 11.6 Å². The maximum absolute atomic E-state index is 13.1. The maximum Gasteiger partial charge on any atom is 0.353 e. The van der Waals surface area contributed by atoms with Gasteiger partial charge >= 0.3 is 17.6 Å². The number of halogens is 1. The number of methoxy groups -OCH3 is 2. The lowest BCUT2D eigenvalue weighted by atomic mass is 10.1. The van der Waals surface area contributed by atoms with Crippen molar-refractivity contribution >= 4 is 34.9 Å². The number of esters is 2. The number of ether oxygens (including phenoxy) is 2. The lowest BCUT2D eigenvalue weighted by Gasteiger charge is -2.12. The van der Waals surface area contributed by atoms with E-state index < -0.39 is 28.4 Å². The number of carbonyl (C=O) groups is 2. The zero-order valence-electron chi connectivity index (χ0n) is 17.5. The molecule has 0 radical (unpaired) electrons. The van der Waals surface area contributed by atoms with Gasteiger partial charge in [-0.2, -0.15) is 0 Å². The van der Waals surface area contributed by atoms with Gasteiger partial charge in [-0.05, 0) is 35.9 Å². The Morgan fingerprint density at radius 1 is 1.00 bits per heavy atom. The average Bonchev–Trinajstić information content (AvgIpc) is 2.82. The molecule has 0 aliphatic rings. The summed E-state index contributed by atoms with van der Waals surface area (Å²) in [5.41, 5.74) is 0.406. The number of carbonyl (C=O) groups excluding carboxylic acids is 2. The molecule has 0 fully saturated rings. The quantitative estimate of drug-likeness (QED) is 0.294. The van der Waals surface area contributed by atoms with E-state index in [-0.39, 0.29) is 35.0 Å². The molecule has 2 N–H and O–H groups in total. The minimum absolute atomic E-state index is 0.0225. The Balaban J connectivity index is 1.95. The summed E-state index contributed by atoms with van der Waals surface area (Å²) in [7, 11) is 2.35. The van der Waals surface area contributed by atoms with Crippen LogP contribution >= 0.6 is 0 Å². The van der Waals surface area contributed by atoms with Crippen LogP contribution in [-0.4, -0.2) is 41.0 Å². The highest BCUT2D eigenvalue weighted by molar-refractivity contribution is 5.97. The van der Waals surface area contributed by atoms with E-state index in [1.165, 1.54) is 56.7 Å². The fourth-order valence-corrected chi connectivity index (χ4v) is 2.87. The molecule has 12 heteroatoms. The van der Waals surface area contributed by atoms with Crippen molar-refractivity contribution in [2.75, 3.05) is 24.9 Å². The van der Waals surface area contributed by atoms with E-state index in [0.29, 0.717) is 5.56 Å². The summed E-state index contributed by atoms with van der Waals surface area (Å²) in [4.78, 5) is 42.9. The van der Waals surface area contributed by atoms with E-state index in [0.717, 1.165) is 6.33 Å². The van der Waals surface area contributed by atoms with Gasteiger partial charge in [0.15, 0.2) is 0 Å². The summed E-state index contributed by atoms with van der Waals surface area (Å²) in [6, 6.07) is 9.55. The smallest absolute Gasteiger partial charge is 0.353 e. The van der Waals surface area contributed by atoms with Crippen LogP contribution in [0.5, 0.6) is 0 Å². The van der Waals surface area contributed by atoms with Crippen molar-refractivity contribution < 1.29 is 28.4 Å². The van der Waals surface area contributed by atoms with Crippen LogP contribution in [0.15, 0.2) is 48.8 Å². The van der Waals surface area contributed by atoms with Gasteiger partial charge in [-0.25, -0.2) is 23.9 Å². The number of hydrogen-bond acceptors (Lipinski definition) is 10. The molecule has 33 heavy (non-hydrogen) atoms. The Labute approximate surface area is 186 Å². The van der Waals surface area contributed by atoms with Gasteiger partial charge in [0.25, 0.3) is 0 Å². The maximum atomic E-state index is 13.1. The van der Waals surface area contributed by atoms with Crippen molar-refractivity contribution in [2.45, 2.75) is 6.54 Å². The molecule has 0 atom stereocenters. The van der Waals surface area contributed by atoms with Crippen LogP contribution in [0, 0.1) is 15.9 Å². The molecule has 0 aliphatic carbocycles. The van der Waals surface area contributed by atoms with Crippen LogP contribution in [0.2, 0.25) is 0 Å². The third-order valence-electron chi connectivity index (χ3n) is 4.42. The number of benzene rings is 2. The highest BCUT2D eigenvalue weighted by atomic mass is 19.1. The lowest BCUT2D eigenvalue weighted by Crippen LogP contribution is -2.10. The first kappa shape index (κ1) is 23.1. The van der Waals surface area contributed by atoms with Crippen molar-refractivity contribution in [1.29, 1.82) is 0 Å². The number of hydrogen-bond donors (Lipinski definition) is 2. The number of nitro groups is 1. The first-order valence-electron chi connectivity index (χ1n) is 9.38. The predicted octanol–water partition coefficient (Wildman–Crippen LogP) is 3.45. The molecule has 0 aliphatic heterocycles. The minimum atomic E-state index is -0.720. The van der Waals surface area contributed by atoms with E-state index in [4.69, 9.17) is 0 Å². The molecule has 1 aromatic heterocycles. The zero-order chi connectivity index (χ0) is 24.0. The second kappa shape index (κ2) is 10.1. The van der Waals surface area contributed by atoms with Crippen LogP contribution < -0.4 is 10.6 Å². The van der Waals surface area contributed by atoms with Gasteiger partial charge in [-0.3, -0.25) is 10.1 Å².